The summed E-state index contributed by atoms with van der Waals surface area (Å²) in [4.78, 5) is 0. The maximum Gasteiger partial charge on any atom is 0.162 e. The zero-order valence-corrected chi connectivity index (χ0v) is 16.2. The summed E-state index contributed by atoms with van der Waals surface area (Å²) in [6.07, 6.45) is -0.218. The molecule has 1 aliphatic rings. The van der Waals surface area contributed by atoms with E-state index in [4.69, 9.17) is 42.7 Å². The van der Waals surface area contributed by atoms with Crippen molar-refractivity contribution in [2.75, 3.05) is 6.61 Å². The quantitative estimate of drug-likeness (QED) is 0.531. The van der Waals surface area contributed by atoms with Gasteiger partial charge in [0.1, 0.15) is 19.0 Å². The van der Waals surface area contributed by atoms with Crippen molar-refractivity contribution < 1.29 is 14.2 Å². The number of halogens is 2. The molecule has 0 saturated heterocycles. The van der Waals surface area contributed by atoms with Crippen molar-refractivity contribution in [3.8, 4) is 23.3 Å². The Bertz CT molecular complexity index is 1040. The number of benzene rings is 3. The van der Waals surface area contributed by atoms with Crippen molar-refractivity contribution in [2.45, 2.75) is 12.7 Å². The molecule has 0 amide bonds. The second kappa shape index (κ2) is 8.02. The van der Waals surface area contributed by atoms with Crippen molar-refractivity contribution in [1.29, 1.82) is 5.26 Å². The maximum atomic E-state index is 8.97. The average molecular weight is 412 g/mol. The molecule has 4 rings (SSSR count). The number of ether oxygens (including phenoxy) is 3. The second-order valence-electron chi connectivity index (χ2n) is 6.30. The average Bonchev–Trinajstić information content (AvgIpc) is 2.74. The summed E-state index contributed by atoms with van der Waals surface area (Å²) in [7, 11) is 0. The van der Waals surface area contributed by atoms with E-state index in [1.54, 1.807) is 30.3 Å². The molecule has 0 spiro atoms. The minimum Gasteiger partial charge on any atom is -0.489 e. The Morgan fingerprint density at radius 3 is 2.54 bits per heavy atom. The van der Waals surface area contributed by atoms with Crippen molar-refractivity contribution in [1.82, 2.24) is 0 Å². The van der Waals surface area contributed by atoms with Crippen LogP contribution in [0.2, 0.25) is 10.0 Å². The van der Waals surface area contributed by atoms with Crippen molar-refractivity contribution in [3.05, 3.63) is 87.4 Å². The normalized spacial score (nSPS) is 15.0. The molecule has 140 valence electrons. The summed E-state index contributed by atoms with van der Waals surface area (Å²) in [5.41, 5.74) is 2.47. The van der Waals surface area contributed by atoms with Gasteiger partial charge in [0.2, 0.25) is 0 Å². The molecule has 0 radical (unpaired) electrons. The van der Waals surface area contributed by atoms with Gasteiger partial charge in [0.15, 0.2) is 17.6 Å². The predicted octanol–water partition coefficient (Wildman–Crippen LogP) is 5.96. The fraction of sp³-hybridized carbons (Fsp3) is 0.136. The maximum absolute atomic E-state index is 8.97. The third-order valence-corrected chi connectivity index (χ3v) is 5.11. The molecule has 1 unspecified atom stereocenters. The van der Waals surface area contributed by atoms with Gasteiger partial charge in [0, 0.05) is 6.07 Å². The Labute approximate surface area is 172 Å². The first-order valence-corrected chi connectivity index (χ1v) is 9.38. The zero-order valence-electron chi connectivity index (χ0n) is 14.7. The van der Waals surface area contributed by atoms with Crippen molar-refractivity contribution in [3.63, 3.8) is 0 Å². The van der Waals surface area contributed by atoms with Gasteiger partial charge in [-0.15, -0.1) is 0 Å². The molecule has 28 heavy (non-hydrogen) atoms. The van der Waals surface area contributed by atoms with Gasteiger partial charge in [-0.25, -0.2) is 0 Å². The standard InChI is InChI=1S/C22H15Cl2NO3/c23-18-7-1-15(9-19(18)24)12-26-17-5-3-16(4-6-17)22-13-27-21-10-14(11-25)2-8-20(21)28-22/h1-10,22H,12-13H2. The lowest BCUT2D eigenvalue weighted by Gasteiger charge is -2.27. The molecule has 0 fully saturated rings. The molecular weight excluding hydrogens is 397 g/mol. The Hall–Kier alpha value is -2.87. The largest absolute Gasteiger partial charge is 0.489 e. The van der Waals surface area contributed by atoms with Crippen molar-refractivity contribution in [2.24, 2.45) is 0 Å². The van der Waals surface area contributed by atoms with Crippen LogP contribution >= 0.6 is 23.2 Å². The molecule has 3 aromatic rings. The highest BCUT2D eigenvalue weighted by Crippen LogP contribution is 2.37. The van der Waals surface area contributed by atoms with Crippen LogP contribution in [0.4, 0.5) is 0 Å². The number of fused-ring (bicyclic) bond motifs is 1. The fourth-order valence-electron chi connectivity index (χ4n) is 2.88. The topological polar surface area (TPSA) is 51.5 Å². The second-order valence-corrected chi connectivity index (χ2v) is 7.11. The van der Waals surface area contributed by atoms with Crippen LogP contribution in [0, 0.1) is 11.3 Å². The van der Waals surface area contributed by atoms with E-state index in [1.165, 1.54) is 0 Å². The third kappa shape index (κ3) is 4.01. The van der Waals surface area contributed by atoms with Gasteiger partial charge in [0.05, 0.1) is 21.7 Å². The van der Waals surface area contributed by atoms with E-state index in [0.717, 1.165) is 16.9 Å². The molecule has 0 saturated carbocycles. The number of rotatable bonds is 4. The summed E-state index contributed by atoms with van der Waals surface area (Å²) in [5, 5.41) is 10.00. The van der Waals surface area contributed by atoms with Gasteiger partial charge in [0.25, 0.3) is 0 Å². The lowest BCUT2D eigenvalue weighted by atomic mass is 10.1. The highest BCUT2D eigenvalue weighted by molar-refractivity contribution is 6.42. The molecule has 0 aromatic heterocycles. The SMILES string of the molecule is N#Cc1ccc2c(c1)OCC(c1ccc(OCc3ccc(Cl)c(Cl)c3)cc1)O2. The van der Waals surface area contributed by atoms with Crippen molar-refractivity contribution >= 4 is 23.2 Å². The predicted molar refractivity (Wildman–Crippen MR) is 107 cm³/mol. The van der Waals surface area contributed by atoms with Crippen LogP contribution in [0.15, 0.2) is 60.7 Å². The molecule has 1 heterocycles. The summed E-state index contributed by atoms with van der Waals surface area (Å²) >= 11 is 12.0. The number of nitrogens with zero attached hydrogens (tertiary/aromatic N) is 1. The summed E-state index contributed by atoms with van der Waals surface area (Å²) in [6, 6.07) is 20.4. The van der Waals surface area contributed by atoms with Crippen LogP contribution in [-0.2, 0) is 6.61 Å². The summed E-state index contributed by atoms with van der Waals surface area (Å²) in [6.45, 7) is 0.777. The van der Waals surface area contributed by atoms with Crippen LogP contribution in [0.25, 0.3) is 0 Å². The Morgan fingerprint density at radius 1 is 0.964 bits per heavy atom. The van der Waals surface area contributed by atoms with Crippen LogP contribution in [0.3, 0.4) is 0 Å². The molecule has 0 bridgehead atoms. The van der Waals surface area contributed by atoms with E-state index < -0.39 is 0 Å². The zero-order chi connectivity index (χ0) is 19.5. The Morgan fingerprint density at radius 2 is 1.79 bits per heavy atom. The highest BCUT2D eigenvalue weighted by Gasteiger charge is 2.23. The Kier molecular flexibility index (Phi) is 5.29. The first-order chi connectivity index (χ1) is 13.6. The fourth-order valence-corrected chi connectivity index (χ4v) is 3.20. The molecule has 4 nitrogen and oxygen atoms in total. The highest BCUT2D eigenvalue weighted by atomic mass is 35.5. The van der Waals surface area contributed by atoms with Gasteiger partial charge < -0.3 is 14.2 Å². The molecule has 0 aliphatic carbocycles. The van der Waals surface area contributed by atoms with Gasteiger partial charge >= 0.3 is 0 Å². The van der Waals surface area contributed by atoms with E-state index in [2.05, 4.69) is 6.07 Å². The van der Waals surface area contributed by atoms with E-state index in [9.17, 15) is 0 Å². The first kappa shape index (κ1) is 18.5. The minimum absolute atomic E-state index is 0.218. The van der Waals surface area contributed by atoms with E-state index in [0.29, 0.717) is 40.3 Å². The lowest BCUT2D eigenvalue weighted by molar-refractivity contribution is 0.0912. The third-order valence-electron chi connectivity index (χ3n) is 4.37. The minimum atomic E-state index is -0.218. The van der Waals surface area contributed by atoms with Gasteiger partial charge in [-0.1, -0.05) is 41.4 Å². The molecular formula is C22H15Cl2NO3. The van der Waals surface area contributed by atoms with Gasteiger partial charge in [-0.3, -0.25) is 0 Å². The summed E-state index contributed by atoms with van der Waals surface area (Å²) < 4.78 is 17.6. The monoisotopic (exact) mass is 411 g/mol. The molecule has 3 aromatic carbocycles. The van der Waals surface area contributed by atoms with Crippen LogP contribution < -0.4 is 14.2 Å². The van der Waals surface area contributed by atoms with Crippen LogP contribution in [0.5, 0.6) is 17.2 Å². The summed E-state index contributed by atoms with van der Waals surface area (Å²) in [5.74, 6) is 1.97. The molecule has 1 atom stereocenters. The number of hydrogen-bond acceptors (Lipinski definition) is 4. The van der Waals surface area contributed by atoms with E-state index >= 15 is 0 Å². The number of hydrogen-bond donors (Lipinski definition) is 0. The van der Waals surface area contributed by atoms with E-state index in [-0.39, 0.29) is 6.10 Å². The lowest BCUT2D eigenvalue weighted by Crippen LogP contribution is -2.21. The molecule has 1 aliphatic heterocycles. The smallest absolute Gasteiger partial charge is 0.162 e. The molecule has 0 N–H and O–H groups in total. The number of nitriles is 1. The van der Waals surface area contributed by atoms with Crippen LogP contribution in [-0.4, -0.2) is 6.61 Å². The van der Waals surface area contributed by atoms with Gasteiger partial charge in [-0.05, 0) is 47.5 Å². The van der Waals surface area contributed by atoms with Gasteiger partial charge in [-0.2, -0.15) is 5.26 Å². The Balaban J connectivity index is 1.40. The first-order valence-electron chi connectivity index (χ1n) is 8.62. The van der Waals surface area contributed by atoms with Crippen LogP contribution in [0.1, 0.15) is 22.8 Å². The van der Waals surface area contributed by atoms with E-state index in [1.807, 2.05) is 30.3 Å². The molecule has 6 heteroatoms.